The Kier molecular flexibility index (Phi) is 6.42. The third-order valence-corrected chi connectivity index (χ3v) is 3.69. The molecule has 0 bridgehead atoms. The quantitative estimate of drug-likeness (QED) is 0.420. The fourth-order valence-corrected chi connectivity index (χ4v) is 2.30. The monoisotopic (exact) mass is 359 g/mol. The first-order valence-corrected chi connectivity index (χ1v) is 8.19. The molecule has 0 aliphatic heterocycles. The molecule has 1 aromatic heterocycles. The second-order valence-electron chi connectivity index (χ2n) is 5.93. The standard InChI is InChI=1S/C17H21N5O4/c1-12-10-19-21(11-12)8-4-7-18-16(23)13(2)20-17(24)14-5-3-6-15(9-14)22(25)26/h3,5-6,9-11,13H,4,7-8H2,1-2H3,(H,18,23)(H,20,24)/t13-/m1/s1. The third kappa shape index (κ3) is 5.40. The molecule has 0 radical (unpaired) electrons. The number of nitro benzene ring substituents is 1. The summed E-state index contributed by atoms with van der Waals surface area (Å²) in [6.45, 7) is 4.65. The van der Waals surface area contributed by atoms with Crippen molar-refractivity contribution < 1.29 is 14.5 Å². The predicted octanol–water partition coefficient (Wildman–Crippen LogP) is 1.42. The van der Waals surface area contributed by atoms with Gasteiger partial charge in [0.25, 0.3) is 11.6 Å². The lowest BCUT2D eigenvalue weighted by atomic mass is 10.1. The van der Waals surface area contributed by atoms with Crippen LogP contribution in [0.25, 0.3) is 0 Å². The number of nitrogens with one attached hydrogen (secondary N) is 2. The molecule has 9 heteroatoms. The molecule has 0 saturated heterocycles. The zero-order chi connectivity index (χ0) is 19.1. The number of amides is 2. The summed E-state index contributed by atoms with van der Waals surface area (Å²) in [7, 11) is 0. The number of non-ortho nitro benzene ring substituents is 1. The molecule has 26 heavy (non-hydrogen) atoms. The maximum atomic E-state index is 12.1. The second-order valence-corrected chi connectivity index (χ2v) is 5.93. The minimum atomic E-state index is -0.756. The fraction of sp³-hybridized carbons (Fsp3) is 0.353. The lowest BCUT2D eigenvalue weighted by Crippen LogP contribution is -2.45. The molecular formula is C17H21N5O4. The van der Waals surface area contributed by atoms with Crippen molar-refractivity contribution in [2.75, 3.05) is 6.54 Å². The van der Waals surface area contributed by atoms with Gasteiger partial charge in [0.05, 0.1) is 11.1 Å². The number of nitro groups is 1. The molecule has 2 aromatic rings. The van der Waals surface area contributed by atoms with Gasteiger partial charge in [0, 0.05) is 37.0 Å². The van der Waals surface area contributed by atoms with Crippen molar-refractivity contribution in [2.45, 2.75) is 32.9 Å². The second kappa shape index (κ2) is 8.75. The van der Waals surface area contributed by atoms with Crippen LogP contribution in [0.5, 0.6) is 0 Å². The first-order chi connectivity index (χ1) is 12.4. The summed E-state index contributed by atoms with van der Waals surface area (Å²) in [5, 5.41) is 20.2. The van der Waals surface area contributed by atoms with Crippen molar-refractivity contribution in [3.63, 3.8) is 0 Å². The number of benzene rings is 1. The van der Waals surface area contributed by atoms with Crippen LogP contribution < -0.4 is 10.6 Å². The molecule has 1 atom stereocenters. The highest BCUT2D eigenvalue weighted by atomic mass is 16.6. The van der Waals surface area contributed by atoms with Crippen molar-refractivity contribution in [1.29, 1.82) is 0 Å². The molecule has 2 amide bonds. The molecule has 2 rings (SSSR count). The third-order valence-electron chi connectivity index (χ3n) is 3.69. The van der Waals surface area contributed by atoms with Crippen LogP contribution in [0.2, 0.25) is 0 Å². The fourth-order valence-electron chi connectivity index (χ4n) is 2.30. The lowest BCUT2D eigenvalue weighted by Gasteiger charge is -2.14. The molecule has 1 heterocycles. The Labute approximate surface area is 150 Å². The summed E-state index contributed by atoms with van der Waals surface area (Å²) in [5.41, 5.74) is 1.03. The van der Waals surface area contributed by atoms with Gasteiger partial charge in [-0.05, 0) is 31.9 Å². The Bertz CT molecular complexity index is 802. The minimum Gasteiger partial charge on any atom is -0.354 e. The first kappa shape index (κ1) is 19.1. The SMILES string of the molecule is Cc1cnn(CCCNC(=O)[C@@H](C)NC(=O)c2cccc([N+](=O)[O-])c2)c1. The Balaban J connectivity index is 1.78. The number of carbonyl (C=O) groups is 2. The average molecular weight is 359 g/mol. The van der Waals surface area contributed by atoms with Crippen molar-refractivity contribution in [3.05, 3.63) is 57.9 Å². The van der Waals surface area contributed by atoms with E-state index in [1.54, 1.807) is 17.8 Å². The van der Waals surface area contributed by atoms with E-state index in [1.165, 1.54) is 24.3 Å². The van der Waals surface area contributed by atoms with Crippen LogP contribution >= 0.6 is 0 Å². The summed E-state index contributed by atoms with van der Waals surface area (Å²) in [6.07, 6.45) is 4.40. The Morgan fingerprint density at radius 2 is 2.15 bits per heavy atom. The van der Waals surface area contributed by atoms with Gasteiger partial charge in [0.15, 0.2) is 0 Å². The number of hydrogen-bond donors (Lipinski definition) is 2. The highest BCUT2D eigenvalue weighted by Gasteiger charge is 2.17. The Hall–Kier alpha value is -3.23. The van der Waals surface area contributed by atoms with Crippen molar-refractivity contribution >= 4 is 17.5 Å². The molecule has 2 N–H and O–H groups in total. The smallest absolute Gasteiger partial charge is 0.270 e. The van der Waals surface area contributed by atoms with Crippen molar-refractivity contribution in [3.8, 4) is 0 Å². The van der Waals surface area contributed by atoms with E-state index in [0.717, 1.165) is 5.56 Å². The van der Waals surface area contributed by atoms with Gasteiger partial charge in [-0.15, -0.1) is 0 Å². The molecule has 138 valence electrons. The molecule has 0 fully saturated rings. The van der Waals surface area contributed by atoms with Crippen LogP contribution in [-0.2, 0) is 11.3 Å². The van der Waals surface area contributed by atoms with Gasteiger partial charge in [0.2, 0.25) is 5.91 Å². The zero-order valence-electron chi connectivity index (χ0n) is 14.6. The first-order valence-electron chi connectivity index (χ1n) is 8.19. The van der Waals surface area contributed by atoms with E-state index < -0.39 is 16.9 Å². The zero-order valence-corrected chi connectivity index (χ0v) is 14.6. The van der Waals surface area contributed by atoms with Crippen LogP contribution in [0.4, 0.5) is 5.69 Å². The van der Waals surface area contributed by atoms with Crippen LogP contribution in [0.3, 0.4) is 0 Å². The molecule has 0 unspecified atom stereocenters. The largest absolute Gasteiger partial charge is 0.354 e. The van der Waals surface area contributed by atoms with Gasteiger partial charge in [-0.25, -0.2) is 0 Å². The number of aryl methyl sites for hydroxylation is 2. The normalized spacial score (nSPS) is 11.6. The molecule has 0 aliphatic rings. The highest BCUT2D eigenvalue weighted by molar-refractivity contribution is 5.97. The molecule has 0 spiro atoms. The number of nitrogens with zero attached hydrogens (tertiary/aromatic N) is 3. The van der Waals surface area contributed by atoms with Crippen LogP contribution in [0.15, 0.2) is 36.7 Å². The summed E-state index contributed by atoms with van der Waals surface area (Å²) in [5.74, 6) is -0.858. The molecule has 1 aromatic carbocycles. The summed E-state index contributed by atoms with van der Waals surface area (Å²) >= 11 is 0. The predicted molar refractivity (Wildman–Crippen MR) is 94.6 cm³/mol. The van der Waals surface area contributed by atoms with Gasteiger partial charge in [-0.2, -0.15) is 5.10 Å². The number of carbonyl (C=O) groups excluding carboxylic acids is 2. The van der Waals surface area contributed by atoms with Gasteiger partial charge < -0.3 is 10.6 Å². The average Bonchev–Trinajstić information content (AvgIpc) is 3.03. The molecule has 9 nitrogen and oxygen atoms in total. The van der Waals surface area contributed by atoms with Gasteiger partial charge in [0.1, 0.15) is 6.04 Å². The van der Waals surface area contributed by atoms with Crippen molar-refractivity contribution in [2.24, 2.45) is 0 Å². The Morgan fingerprint density at radius 3 is 2.81 bits per heavy atom. The van der Waals surface area contributed by atoms with Crippen molar-refractivity contribution in [1.82, 2.24) is 20.4 Å². The van der Waals surface area contributed by atoms with Gasteiger partial charge in [-0.3, -0.25) is 24.4 Å². The minimum absolute atomic E-state index is 0.132. The topological polar surface area (TPSA) is 119 Å². The number of hydrogen-bond acceptors (Lipinski definition) is 5. The van der Waals surface area contributed by atoms with Gasteiger partial charge in [-0.1, -0.05) is 6.07 Å². The highest BCUT2D eigenvalue weighted by Crippen LogP contribution is 2.13. The summed E-state index contributed by atoms with van der Waals surface area (Å²) in [6, 6.07) is 4.60. The van der Waals surface area contributed by atoms with E-state index in [1.807, 2.05) is 13.1 Å². The molecular weight excluding hydrogens is 338 g/mol. The molecule has 0 aliphatic carbocycles. The summed E-state index contributed by atoms with van der Waals surface area (Å²) < 4.78 is 1.80. The van der Waals surface area contributed by atoms with E-state index in [2.05, 4.69) is 15.7 Å². The number of rotatable bonds is 8. The summed E-state index contributed by atoms with van der Waals surface area (Å²) in [4.78, 5) is 34.4. The maximum absolute atomic E-state index is 12.1. The van der Waals surface area contributed by atoms with E-state index >= 15 is 0 Å². The van der Waals surface area contributed by atoms with Crippen LogP contribution in [0, 0.1) is 17.0 Å². The maximum Gasteiger partial charge on any atom is 0.270 e. The van der Waals surface area contributed by atoms with E-state index in [-0.39, 0.29) is 17.2 Å². The number of aromatic nitrogens is 2. The van der Waals surface area contributed by atoms with E-state index in [9.17, 15) is 19.7 Å². The van der Waals surface area contributed by atoms with E-state index in [0.29, 0.717) is 19.5 Å². The lowest BCUT2D eigenvalue weighted by molar-refractivity contribution is -0.384. The van der Waals surface area contributed by atoms with Crippen LogP contribution in [-0.4, -0.2) is 39.1 Å². The molecule has 0 saturated carbocycles. The van der Waals surface area contributed by atoms with E-state index in [4.69, 9.17) is 0 Å². The van der Waals surface area contributed by atoms with Crippen LogP contribution in [0.1, 0.15) is 29.3 Å². The van der Waals surface area contributed by atoms with Gasteiger partial charge >= 0.3 is 0 Å². The Morgan fingerprint density at radius 1 is 1.38 bits per heavy atom.